The highest BCUT2D eigenvalue weighted by Crippen LogP contribution is 2.27. The highest BCUT2D eigenvalue weighted by atomic mass is 32.2. The van der Waals surface area contributed by atoms with Gasteiger partial charge in [0.05, 0.1) is 16.7 Å². The van der Waals surface area contributed by atoms with Crippen LogP contribution in [0.4, 0.5) is 11.4 Å². The first-order valence-corrected chi connectivity index (χ1v) is 12.6. The van der Waals surface area contributed by atoms with Crippen LogP contribution in [-0.2, 0) is 14.8 Å². The smallest absolute Gasteiger partial charge is 0.264 e. The third-order valence-corrected chi connectivity index (χ3v) is 7.52. The summed E-state index contributed by atoms with van der Waals surface area (Å²) < 4.78 is 33.9. The van der Waals surface area contributed by atoms with E-state index in [1.165, 1.54) is 25.0 Å². The van der Waals surface area contributed by atoms with E-state index in [-0.39, 0.29) is 17.5 Å². The molecule has 3 aromatic rings. The first-order valence-electron chi connectivity index (χ1n) is 11.1. The van der Waals surface area contributed by atoms with Crippen LogP contribution in [0.25, 0.3) is 0 Å². The Morgan fingerprint density at radius 3 is 2.24 bits per heavy atom. The molecule has 0 spiro atoms. The van der Waals surface area contributed by atoms with Crippen LogP contribution in [-0.4, -0.2) is 27.0 Å². The van der Waals surface area contributed by atoms with Crippen LogP contribution in [0.3, 0.4) is 0 Å². The molecule has 1 saturated carbocycles. The van der Waals surface area contributed by atoms with Gasteiger partial charge in [0.25, 0.3) is 10.0 Å². The summed E-state index contributed by atoms with van der Waals surface area (Å²) in [5, 5.41) is 2.81. The van der Waals surface area contributed by atoms with Crippen molar-refractivity contribution in [1.29, 1.82) is 0 Å². The molecule has 0 saturated heterocycles. The lowest BCUT2D eigenvalue weighted by Gasteiger charge is -2.25. The van der Waals surface area contributed by atoms with Crippen molar-refractivity contribution in [2.24, 2.45) is 0 Å². The Morgan fingerprint density at radius 2 is 1.58 bits per heavy atom. The number of carbonyl (C=O) groups is 1. The lowest BCUT2D eigenvalue weighted by Crippen LogP contribution is -2.38. The van der Waals surface area contributed by atoms with Crippen LogP contribution in [0.1, 0.15) is 31.2 Å². The number of benzene rings is 3. The second-order valence-corrected chi connectivity index (χ2v) is 10.1. The summed E-state index contributed by atoms with van der Waals surface area (Å²) in [4.78, 5) is 13.0. The van der Waals surface area contributed by atoms with Crippen LogP contribution in [0, 0.1) is 6.92 Å². The molecule has 3 aromatic carbocycles. The van der Waals surface area contributed by atoms with Gasteiger partial charge in [-0.25, -0.2) is 8.42 Å². The van der Waals surface area contributed by atoms with E-state index in [0.717, 1.165) is 28.5 Å². The maximum absolute atomic E-state index is 13.4. The lowest BCUT2D eigenvalue weighted by atomic mass is 10.2. The fraction of sp³-hybridized carbons (Fsp3) is 0.269. The Morgan fingerprint density at radius 1 is 0.939 bits per heavy atom. The van der Waals surface area contributed by atoms with Gasteiger partial charge in [0, 0.05) is 5.69 Å². The summed E-state index contributed by atoms with van der Waals surface area (Å²) in [5.74, 6) is 0.343. The van der Waals surface area contributed by atoms with Gasteiger partial charge >= 0.3 is 0 Å². The number of anilines is 2. The molecule has 1 N–H and O–H groups in total. The van der Waals surface area contributed by atoms with Gasteiger partial charge in [-0.05, 0) is 80.6 Å². The Kier molecular flexibility index (Phi) is 6.99. The highest BCUT2D eigenvalue weighted by molar-refractivity contribution is 7.92. The Labute approximate surface area is 195 Å². The second-order valence-electron chi connectivity index (χ2n) is 8.21. The maximum Gasteiger partial charge on any atom is 0.264 e. The van der Waals surface area contributed by atoms with Gasteiger partial charge in [0.2, 0.25) is 5.91 Å². The minimum Gasteiger partial charge on any atom is -0.490 e. The normalized spacial score (nSPS) is 14.1. The summed E-state index contributed by atoms with van der Waals surface area (Å²) in [5.41, 5.74) is 1.82. The zero-order valence-corrected chi connectivity index (χ0v) is 19.4. The number of aryl methyl sites for hydroxylation is 1. The van der Waals surface area contributed by atoms with Crippen LogP contribution in [0.15, 0.2) is 83.8 Å². The predicted molar refractivity (Wildman–Crippen MR) is 130 cm³/mol. The van der Waals surface area contributed by atoms with Gasteiger partial charge in [-0.2, -0.15) is 0 Å². The van der Waals surface area contributed by atoms with Crippen molar-refractivity contribution in [3.8, 4) is 5.75 Å². The Hall–Kier alpha value is -3.32. The quantitative estimate of drug-likeness (QED) is 0.500. The average Bonchev–Trinajstić information content (AvgIpc) is 3.33. The van der Waals surface area contributed by atoms with Crippen molar-refractivity contribution >= 4 is 27.3 Å². The van der Waals surface area contributed by atoms with Gasteiger partial charge in [-0.3, -0.25) is 9.10 Å². The molecular formula is C26H28N2O4S. The second kappa shape index (κ2) is 10.1. The number of nitrogens with one attached hydrogen (secondary N) is 1. The molecule has 1 amide bonds. The summed E-state index contributed by atoms with van der Waals surface area (Å²) in [7, 11) is -3.93. The number of carbonyl (C=O) groups excluding carboxylic acids is 1. The number of ether oxygens (including phenoxy) is 1. The topological polar surface area (TPSA) is 75.7 Å². The molecule has 0 aliphatic heterocycles. The molecule has 1 fully saturated rings. The van der Waals surface area contributed by atoms with Crippen LogP contribution >= 0.6 is 0 Å². The molecule has 4 rings (SSSR count). The van der Waals surface area contributed by atoms with Gasteiger partial charge in [-0.15, -0.1) is 0 Å². The third kappa shape index (κ3) is 5.54. The molecule has 0 heterocycles. The van der Waals surface area contributed by atoms with Crippen LogP contribution in [0.5, 0.6) is 5.75 Å². The standard InChI is InChI=1S/C26H28N2O4S/c1-20-9-5-8-14-25(20)28(33(30,31)24-12-3-2-4-13-24)19-26(29)27-21-15-17-23(18-16-21)32-22-10-6-7-11-22/h2-5,8-9,12-18,22H,6-7,10-11,19H2,1H3,(H,27,29). The number of hydrogen-bond acceptors (Lipinski definition) is 4. The SMILES string of the molecule is Cc1ccccc1N(CC(=O)Nc1ccc(OC2CCCC2)cc1)S(=O)(=O)c1ccccc1. The molecule has 6 nitrogen and oxygen atoms in total. The zero-order valence-electron chi connectivity index (χ0n) is 18.6. The molecule has 0 unspecified atom stereocenters. The van der Waals surface area contributed by atoms with Crippen molar-refractivity contribution in [1.82, 2.24) is 0 Å². The number of rotatable bonds is 8. The van der Waals surface area contributed by atoms with E-state index in [9.17, 15) is 13.2 Å². The molecule has 0 aromatic heterocycles. The Balaban J connectivity index is 1.51. The van der Waals surface area contributed by atoms with E-state index >= 15 is 0 Å². The van der Waals surface area contributed by atoms with Gasteiger partial charge in [-0.1, -0.05) is 36.4 Å². The summed E-state index contributed by atoms with van der Waals surface area (Å²) in [6.45, 7) is 1.48. The molecule has 0 radical (unpaired) electrons. The summed E-state index contributed by atoms with van der Waals surface area (Å²) in [6.07, 6.45) is 4.80. The van der Waals surface area contributed by atoms with Crippen LogP contribution < -0.4 is 14.4 Å². The van der Waals surface area contributed by atoms with E-state index < -0.39 is 15.9 Å². The summed E-state index contributed by atoms with van der Waals surface area (Å²) in [6, 6.07) is 22.5. The number of sulfonamides is 1. The van der Waals surface area contributed by atoms with Crippen molar-refractivity contribution in [3.63, 3.8) is 0 Å². The fourth-order valence-corrected chi connectivity index (χ4v) is 5.52. The lowest BCUT2D eigenvalue weighted by molar-refractivity contribution is -0.114. The monoisotopic (exact) mass is 464 g/mol. The van der Waals surface area contributed by atoms with Crippen molar-refractivity contribution in [2.45, 2.75) is 43.6 Å². The maximum atomic E-state index is 13.4. The van der Waals surface area contributed by atoms with E-state index in [1.54, 1.807) is 42.5 Å². The molecule has 0 atom stereocenters. The minimum absolute atomic E-state index is 0.134. The van der Waals surface area contributed by atoms with E-state index in [2.05, 4.69) is 5.32 Å². The van der Waals surface area contributed by atoms with Gasteiger partial charge in [0.1, 0.15) is 12.3 Å². The van der Waals surface area contributed by atoms with Gasteiger partial charge in [0.15, 0.2) is 0 Å². The highest BCUT2D eigenvalue weighted by Gasteiger charge is 2.28. The molecule has 7 heteroatoms. The van der Waals surface area contributed by atoms with Crippen molar-refractivity contribution in [2.75, 3.05) is 16.2 Å². The average molecular weight is 465 g/mol. The summed E-state index contributed by atoms with van der Waals surface area (Å²) >= 11 is 0. The Bertz CT molecular complexity index is 1190. The van der Waals surface area contributed by atoms with E-state index in [0.29, 0.717) is 11.4 Å². The van der Waals surface area contributed by atoms with E-state index in [4.69, 9.17) is 4.74 Å². The van der Waals surface area contributed by atoms with E-state index in [1.807, 2.05) is 31.2 Å². The fourth-order valence-electron chi connectivity index (χ4n) is 4.01. The molecule has 0 bridgehead atoms. The molecular weight excluding hydrogens is 436 g/mol. The number of amides is 1. The van der Waals surface area contributed by atoms with Crippen molar-refractivity contribution in [3.05, 3.63) is 84.4 Å². The predicted octanol–water partition coefficient (Wildman–Crippen LogP) is 5.15. The van der Waals surface area contributed by atoms with Crippen molar-refractivity contribution < 1.29 is 17.9 Å². The molecule has 1 aliphatic carbocycles. The molecule has 172 valence electrons. The number of hydrogen-bond donors (Lipinski definition) is 1. The first-order chi connectivity index (χ1) is 15.9. The third-order valence-electron chi connectivity index (χ3n) is 5.75. The van der Waals surface area contributed by atoms with Crippen LogP contribution in [0.2, 0.25) is 0 Å². The number of para-hydroxylation sites is 1. The minimum atomic E-state index is -3.93. The zero-order chi connectivity index (χ0) is 23.3. The first kappa shape index (κ1) is 22.9. The number of nitrogens with zero attached hydrogens (tertiary/aromatic N) is 1. The molecule has 1 aliphatic rings. The molecule has 33 heavy (non-hydrogen) atoms. The largest absolute Gasteiger partial charge is 0.490 e. The van der Waals surface area contributed by atoms with Gasteiger partial charge < -0.3 is 10.1 Å².